The molecule has 0 bridgehead atoms. The van der Waals surface area contributed by atoms with Crippen molar-refractivity contribution in [3.63, 3.8) is 0 Å². The highest BCUT2D eigenvalue weighted by Crippen LogP contribution is 2.39. The number of rotatable bonds is 7. The van der Waals surface area contributed by atoms with E-state index in [1.54, 1.807) is 37.3 Å². The van der Waals surface area contributed by atoms with E-state index in [0.29, 0.717) is 37.1 Å². The number of carbonyl (C=O) groups is 1. The van der Waals surface area contributed by atoms with Gasteiger partial charge in [0.05, 0.1) is 22.4 Å². The fourth-order valence-corrected chi connectivity index (χ4v) is 4.68. The van der Waals surface area contributed by atoms with E-state index in [0.717, 1.165) is 0 Å². The smallest absolute Gasteiger partial charge is 0.280 e. The van der Waals surface area contributed by atoms with Crippen molar-refractivity contribution in [2.24, 2.45) is 5.10 Å². The lowest BCUT2D eigenvalue weighted by Crippen LogP contribution is -2.25. The maximum atomic E-state index is 14.3. The molecule has 0 atom stereocenters. The zero-order valence-corrected chi connectivity index (χ0v) is 23.1. The van der Waals surface area contributed by atoms with Crippen LogP contribution in [0.5, 0.6) is 11.5 Å². The molecule has 0 unspecified atom stereocenters. The summed E-state index contributed by atoms with van der Waals surface area (Å²) in [5.74, 6) is -11.6. The van der Waals surface area contributed by atoms with Gasteiger partial charge in [-0.25, -0.2) is 22.0 Å². The third-order valence-corrected chi connectivity index (χ3v) is 6.67. The maximum Gasteiger partial charge on any atom is 0.280 e. The van der Waals surface area contributed by atoms with Gasteiger partial charge >= 0.3 is 0 Å². The average Bonchev–Trinajstić information content (AvgIpc) is 3.15. The van der Waals surface area contributed by atoms with Crippen LogP contribution in [0.3, 0.4) is 0 Å². The SMILES string of the molecule is CCOc1cc(/C=C2/C(=O)N(c3c(F)c(F)c(F)c(F)c3F)N=C2C)cc(Br)c1OCc1ccc(Cl)cc1Cl. The molecular formula is C26H16BrCl2F5N2O3. The Bertz CT molecular complexity index is 1540. The van der Waals surface area contributed by atoms with E-state index < -0.39 is 40.7 Å². The quantitative estimate of drug-likeness (QED) is 0.112. The molecule has 0 radical (unpaired) electrons. The number of hydrazone groups is 1. The predicted molar refractivity (Wildman–Crippen MR) is 141 cm³/mol. The minimum Gasteiger partial charge on any atom is -0.490 e. The number of amides is 1. The maximum absolute atomic E-state index is 14.3. The van der Waals surface area contributed by atoms with Gasteiger partial charge in [0.15, 0.2) is 34.8 Å². The monoisotopic (exact) mass is 648 g/mol. The fraction of sp³-hybridized carbons (Fsp3) is 0.154. The molecule has 0 aliphatic carbocycles. The molecule has 3 aromatic rings. The second-order valence-corrected chi connectivity index (χ2v) is 9.76. The molecule has 39 heavy (non-hydrogen) atoms. The Labute approximate surface area is 237 Å². The second-order valence-electron chi connectivity index (χ2n) is 8.07. The molecule has 0 aromatic heterocycles. The average molecular weight is 650 g/mol. The molecule has 1 amide bonds. The van der Waals surface area contributed by atoms with Gasteiger partial charge in [0, 0.05) is 15.6 Å². The second kappa shape index (κ2) is 11.5. The third kappa shape index (κ3) is 5.61. The first kappa shape index (κ1) is 28.8. The van der Waals surface area contributed by atoms with Crippen LogP contribution >= 0.6 is 39.1 Å². The number of nitrogens with zero attached hydrogens (tertiary/aromatic N) is 2. The number of halogens is 8. The first-order chi connectivity index (χ1) is 18.4. The standard InChI is InChI=1S/C26H16BrCl2F5N2O3/c1-3-38-18-8-12(7-16(27)25(18)39-10-13-4-5-14(28)9-17(13)29)6-15-11(2)35-36(26(15)37)24-22(33)20(31)19(30)21(32)23(24)34/h4-9H,3,10H2,1-2H3/b15-6+. The van der Waals surface area contributed by atoms with Gasteiger partial charge in [-0.2, -0.15) is 10.1 Å². The summed E-state index contributed by atoms with van der Waals surface area (Å²) >= 11 is 15.6. The van der Waals surface area contributed by atoms with Gasteiger partial charge < -0.3 is 9.47 Å². The Morgan fingerprint density at radius 1 is 0.974 bits per heavy atom. The first-order valence-corrected chi connectivity index (χ1v) is 12.7. The summed E-state index contributed by atoms with van der Waals surface area (Å²) in [6, 6.07) is 8.07. The van der Waals surface area contributed by atoms with E-state index in [9.17, 15) is 26.7 Å². The molecule has 4 rings (SSSR count). The molecule has 5 nitrogen and oxygen atoms in total. The van der Waals surface area contributed by atoms with Gasteiger partial charge in [-0.1, -0.05) is 29.3 Å². The summed E-state index contributed by atoms with van der Waals surface area (Å²) in [5.41, 5.74) is -0.580. The normalized spacial score (nSPS) is 14.3. The lowest BCUT2D eigenvalue weighted by Gasteiger charge is -2.16. The van der Waals surface area contributed by atoms with Crippen LogP contribution in [0.2, 0.25) is 10.0 Å². The number of hydrogen-bond acceptors (Lipinski definition) is 4. The van der Waals surface area contributed by atoms with E-state index in [2.05, 4.69) is 21.0 Å². The zero-order valence-electron chi connectivity index (χ0n) is 20.0. The zero-order chi connectivity index (χ0) is 28.6. The van der Waals surface area contributed by atoms with Crippen LogP contribution < -0.4 is 14.5 Å². The van der Waals surface area contributed by atoms with Crippen molar-refractivity contribution >= 4 is 62.5 Å². The van der Waals surface area contributed by atoms with Crippen LogP contribution in [0, 0.1) is 29.1 Å². The fourth-order valence-electron chi connectivity index (χ4n) is 3.64. The largest absolute Gasteiger partial charge is 0.490 e. The molecule has 1 aliphatic rings. The Morgan fingerprint density at radius 3 is 2.23 bits per heavy atom. The van der Waals surface area contributed by atoms with Gasteiger partial charge in [-0.15, -0.1) is 0 Å². The molecule has 204 valence electrons. The van der Waals surface area contributed by atoms with Crippen molar-refractivity contribution < 1.29 is 36.2 Å². The van der Waals surface area contributed by atoms with E-state index >= 15 is 0 Å². The number of anilines is 1. The summed E-state index contributed by atoms with van der Waals surface area (Å²) in [6.07, 6.45) is 1.33. The molecule has 3 aromatic carbocycles. The predicted octanol–water partition coefficient (Wildman–Crippen LogP) is 8.24. The Balaban J connectivity index is 1.67. The number of carbonyl (C=O) groups excluding carboxylic acids is 1. The molecule has 0 spiro atoms. The molecule has 0 N–H and O–H groups in total. The van der Waals surface area contributed by atoms with Gasteiger partial charge in [0.25, 0.3) is 5.91 Å². The summed E-state index contributed by atoms with van der Waals surface area (Å²) in [7, 11) is 0. The topological polar surface area (TPSA) is 51.1 Å². The highest BCUT2D eigenvalue weighted by Gasteiger charge is 2.37. The van der Waals surface area contributed by atoms with Crippen LogP contribution in [0.1, 0.15) is 25.0 Å². The van der Waals surface area contributed by atoms with Crippen LogP contribution in [-0.2, 0) is 11.4 Å². The number of hydrogen-bond donors (Lipinski definition) is 0. The van der Waals surface area contributed by atoms with Crippen molar-refractivity contribution in [1.82, 2.24) is 0 Å². The first-order valence-electron chi connectivity index (χ1n) is 11.1. The van der Waals surface area contributed by atoms with Crippen LogP contribution in [0.15, 0.2) is 45.5 Å². The summed E-state index contributed by atoms with van der Waals surface area (Å²) in [4.78, 5) is 13.0. The summed E-state index contributed by atoms with van der Waals surface area (Å²) in [6.45, 7) is 3.44. The molecule has 0 saturated heterocycles. The van der Waals surface area contributed by atoms with Crippen LogP contribution in [-0.4, -0.2) is 18.2 Å². The lowest BCUT2D eigenvalue weighted by atomic mass is 10.1. The van der Waals surface area contributed by atoms with Crippen molar-refractivity contribution in [1.29, 1.82) is 0 Å². The van der Waals surface area contributed by atoms with Crippen molar-refractivity contribution in [3.8, 4) is 11.5 Å². The summed E-state index contributed by atoms with van der Waals surface area (Å²) in [5, 5.41) is 4.75. The Kier molecular flexibility index (Phi) is 8.53. The van der Waals surface area contributed by atoms with E-state index in [1.807, 2.05) is 0 Å². The Morgan fingerprint density at radius 2 is 1.62 bits per heavy atom. The minimum atomic E-state index is -2.34. The molecule has 13 heteroatoms. The van der Waals surface area contributed by atoms with Crippen molar-refractivity contribution in [2.45, 2.75) is 20.5 Å². The van der Waals surface area contributed by atoms with E-state index in [4.69, 9.17) is 32.7 Å². The number of benzene rings is 3. The highest BCUT2D eigenvalue weighted by atomic mass is 79.9. The summed E-state index contributed by atoms with van der Waals surface area (Å²) < 4.78 is 81.6. The lowest BCUT2D eigenvalue weighted by molar-refractivity contribution is -0.114. The van der Waals surface area contributed by atoms with Gasteiger partial charge in [0.2, 0.25) is 5.82 Å². The highest BCUT2D eigenvalue weighted by molar-refractivity contribution is 9.10. The van der Waals surface area contributed by atoms with E-state index in [1.165, 1.54) is 13.0 Å². The van der Waals surface area contributed by atoms with Gasteiger partial charge in [-0.05, 0) is 65.7 Å². The van der Waals surface area contributed by atoms with Crippen molar-refractivity contribution in [3.05, 3.63) is 90.6 Å². The Hall–Kier alpha value is -3.15. The molecule has 1 heterocycles. The molecular weight excluding hydrogens is 634 g/mol. The van der Waals surface area contributed by atoms with Gasteiger partial charge in [-0.3, -0.25) is 4.79 Å². The third-order valence-electron chi connectivity index (χ3n) is 5.49. The van der Waals surface area contributed by atoms with Crippen LogP contribution in [0.4, 0.5) is 27.6 Å². The molecule has 1 aliphatic heterocycles. The van der Waals surface area contributed by atoms with Gasteiger partial charge in [0.1, 0.15) is 12.3 Å². The minimum absolute atomic E-state index is 0.0178. The molecule has 0 saturated carbocycles. The van der Waals surface area contributed by atoms with E-state index in [-0.39, 0.29) is 29.5 Å². The molecule has 0 fully saturated rings. The van der Waals surface area contributed by atoms with Crippen LogP contribution in [0.25, 0.3) is 6.08 Å². The number of ether oxygens (including phenoxy) is 2. The van der Waals surface area contributed by atoms with Crippen molar-refractivity contribution in [2.75, 3.05) is 11.6 Å².